The zero-order chi connectivity index (χ0) is 21.0. The highest BCUT2D eigenvalue weighted by molar-refractivity contribution is 5.97. The second-order valence-electron chi connectivity index (χ2n) is 5.96. The van der Waals surface area contributed by atoms with Gasteiger partial charge >= 0.3 is 11.7 Å². The summed E-state index contributed by atoms with van der Waals surface area (Å²) in [6, 6.07) is 11.1. The molecule has 1 amide bonds. The number of nitro benzene ring substituents is 1. The van der Waals surface area contributed by atoms with Crippen molar-refractivity contribution in [3.8, 4) is 5.69 Å². The third-order valence-corrected chi connectivity index (χ3v) is 3.94. The Labute approximate surface area is 163 Å². The Balaban J connectivity index is 1.62. The van der Waals surface area contributed by atoms with E-state index in [1.807, 2.05) is 0 Å². The van der Waals surface area contributed by atoms with Crippen LogP contribution in [0.5, 0.6) is 0 Å². The van der Waals surface area contributed by atoms with Crippen LogP contribution in [0.2, 0.25) is 0 Å². The van der Waals surface area contributed by atoms with Crippen LogP contribution in [0.25, 0.3) is 5.69 Å². The second-order valence-corrected chi connectivity index (χ2v) is 5.96. The number of carbonyl (C=O) groups excluding carboxylic acids is 2. The molecule has 0 saturated heterocycles. The number of aromatic nitrogens is 2. The van der Waals surface area contributed by atoms with Crippen molar-refractivity contribution in [1.29, 1.82) is 0 Å². The first-order valence-corrected chi connectivity index (χ1v) is 8.41. The van der Waals surface area contributed by atoms with Gasteiger partial charge in [0, 0.05) is 24.1 Å². The lowest BCUT2D eigenvalue weighted by molar-refractivity contribution is -0.387. The fourth-order valence-corrected chi connectivity index (χ4v) is 2.43. The number of hydrogen-bond donors (Lipinski definition) is 1. The molecule has 148 valence electrons. The molecule has 1 heterocycles. The molecule has 1 aromatic heterocycles. The number of ether oxygens (including phenoxy) is 1. The molecule has 3 rings (SSSR count). The minimum absolute atomic E-state index is 0.00887. The number of nitro groups is 1. The molecule has 0 aliphatic carbocycles. The lowest BCUT2D eigenvalue weighted by Gasteiger charge is -2.14. The van der Waals surface area contributed by atoms with Gasteiger partial charge in [-0.15, -0.1) is 0 Å². The van der Waals surface area contributed by atoms with E-state index in [4.69, 9.17) is 4.74 Å². The van der Waals surface area contributed by atoms with Gasteiger partial charge in [-0.2, -0.15) is 9.49 Å². The summed E-state index contributed by atoms with van der Waals surface area (Å²) in [4.78, 5) is 34.3. The molecule has 0 radical (unpaired) electrons. The topological polar surface area (TPSA) is 116 Å². The fraction of sp³-hybridized carbons (Fsp3) is 0.105. The summed E-state index contributed by atoms with van der Waals surface area (Å²) in [6.07, 6.45) is 2.19. The summed E-state index contributed by atoms with van der Waals surface area (Å²) in [7, 11) is 0. The second kappa shape index (κ2) is 8.30. The molecule has 29 heavy (non-hydrogen) atoms. The predicted octanol–water partition coefficient (Wildman–Crippen LogP) is 3.10. The van der Waals surface area contributed by atoms with Crippen molar-refractivity contribution in [2.75, 3.05) is 5.32 Å². The van der Waals surface area contributed by atoms with Crippen LogP contribution in [0.1, 0.15) is 17.3 Å². The number of amides is 1. The number of rotatable bonds is 6. The van der Waals surface area contributed by atoms with Gasteiger partial charge in [0.2, 0.25) is 5.82 Å². The van der Waals surface area contributed by atoms with Gasteiger partial charge in [0.1, 0.15) is 0 Å². The molecule has 0 aliphatic heterocycles. The van der Waals surface area contributed by atoms with Crippen molar-refractivity contribution in [2.45, 2.75) is 13.0 Å². The van der Waals surface area contributed by atoms with E-state index in [0.29, 0.717) is 0 Å². The zero-order valence-electron chi connectivity index (χ0n) is 15.1. The van der Waals surface area contributed by atoms with Gasteiger partial charge in [-0.3, -0.25) is 14.9 Å². The highest BCUT2D eigenvalue weighted by atomic mass is 19.1. The number of halogens is 1. The first-order chi connectivity index (χ1) is 13.8. The van der Waals surface area contributed by atoms with E-state index in [0.717, 1.165) is 17.8 Å². The predicted molar refractivity (Wildman–Crippen MR) is 100 cm³/mol. The minimum atomic E-state index is -1.18. The van der Waals surface area contributed by atoms with Crippen LogP contribution >= 0.6 is 0 Å². The minimum Gasteiger partial charge on any atom is -0.449 e. The number of benzene rings is 2. The summed E-state index contributed by atoms with van der Waals surface area (Å²) in [5.41, 5.74) is 0.215. The van der Waals surface area contributed by atoms with Crippen LogP contribution in [0.4, 0.5) is 15.8 Å². The van der Waals surface area contributed by atoms with E-state index in [-0.39, 0.29) is 11.3 Å². The molecule has 3 aromatic rings. The Morgan fingerprint density at radius 2 is 1.97 bits per heavy atom. The lowest BCUT2D eigenvalue weighted by Crippen LogP contribution is -2.30. The van der Waals surface area contributed by atoms with E-state index in [1.54, 1.807) is 35.3 Å². The average molecular weight is 398 g/mol. The van der Waals surface area contributed by atoms with E-state index in [1.165, 1.54) is 25.1 Å². The van der Waals surface area contributed by atoms with Gasteiger partial charge in [0.25, 0.3) is 5.91 Å². The summed E-state index contributed by atoms with van der Waals surface area (Å²) in [6.45, 7) is 1.35. The largest absolute Gasteiger partial charge is 0.449 e. The molecule has 1 atom stereocenters. The van der Waals surface area contributed by atoms with Gasteiger partial charge < -0.3 is 10.1 Å². The number of esters is 1. The van der Waals surface area contributed by atoms with Gasteiger partial charge in [0.05, 0.1) is 16.2 Å². The van der Waals surface area contributed by atoms with Crippen LogP contribution in [0, 0.1) is 15.9 Å². The first kappa shape index (κ1) is 19.7. The fourth-order valence-electron chi connectivity index (χ4n) is 2.43. The molecule has 1 unspecified atom stereocenters. The third-order valence-electron chi connectivity index (χ3n) is 3.94. The first-order valence-electron chi connectivity index (χ1n) is 8.41. The normalized spacial score (nSPS) is 11.5. The van der Waals surface area contributed by atoms with Crippen molar-refractivity contribution >= 4 is 23.3 Å². The van der Waals surface area contributed by atoms with Gasteiger partial charge in [-0.1, -0.05) is 0 Å². The van der Waals surface area contributed by atoms with Crippen molar-refractivity contribution in [3.05, 3.63) is 82.4 Å². The maximum absolute atomic E-state index is 13.4. The maximum Gasteiger partial charge on any atom is 0.338 e. The lowest BCUT2D eigenvalue weighted by atomic mass is 10.2. The number of anilines is 1. The van der Waals surface area contributed by atoms with Crippen molar-refractivity contribution in [1.82, 2.24) is 9.78 Å². The van der Waals surface area contributed by atoms with Crippen molar-refractivity contribution in [2.24, 2.45) is 0 Å². The highest BCUT2D eigenvalue weighted by Gasteiger charge is 2.21. The molecule has 0 bridgehead atoms. The Kier molecular flexibility index (Phi) is 5.63. The number of hydrogen-bond acceptors (Lipinski definition) is 6. The van der Waals surface area contributed by atoms with Gasteiger partial charge in [-0.05, 0) is 49.4 Å². The standard InChI is InChI=1S/C19H15FN4O5/c1-12(18(25)22-14-5-8-16(20)17(11-14)24(27)28)29-19(26)13-3-6-15(7-4-13)23-10-2-9-21-23/h2-12H,1H3,(H,22,25). The van der Waals surface area contributed by atoms with Crippen molar-refractivity contribution in [3.63, 3.8) is 0 Å². The van der Waals surface area contributed by atoms with E-state index in [2.05, 4.69) is 10.4 Å². The summed E-state index contributed by atoms with van der Waals surface area (Å²) in [5.74, 6) is -2.46. The maximum atomic E-state index is 13.4. The van der Waals surface area contributed by atoms with Gasteiger partial charge in [0.15, 0.2) is 6.10 Å². The third kappa shape index (κ3) is 4.61. The van der Waals surface area contributed by atoms with Crippen LogP contribution in [0.3, 0.4) is 0 Å². The molecule has 9 nitrogen and oxygen atoms in total. The Bertz CT molecular complexity index is 1050. The molecule has 0 spiro atoms. The van der Waals surface area contributed by atoms with E-state index < -0.39 is 34.4 Å². The Hall–Kier alpha value is -4.08. The number of nitrogens with zero attached hydrogens (tertiary/aromatic N) is 3. The molecule has 2 aromatic carbocycles. The Morgan fingerprint density at radius 1 is 1.24 bits per heavy atom. The summed E-state index contributed by atoms with van der Waals surface area (Å²) in [5, 5.41) is 17.2. The molecule has 0 aliphatic rings. The van der Waals surface area contributed by atoms with E-state index >= 15 is 0 Å². The molecular formula is C19H15FN4O5. The van der Waals surface area contributed by atoms with Crippen LogP contribution in [-0.2, 0) is 9.53 Å². The quantitative estimate of drug-likeness (QED) is 0.387. The SMILES string of the molecule is CC(OC(=O)c1ccc(-n2cccn2)cc1)C(=O)Nc1ccc(F)c([N+](=O)[O-])c1. The zero-order valence-corrected chi connectivity index (χ0v) is 15.1. The van der Waals surface area contributed by atoms with Crippen molar-refractivity contribution < 1.29 is 23.6 Å². The van der Waals surface area contributed by atoms with Crippen LogP contribution in [-0.4, -0.2) is 32.7 Å². The smallest absolute Gasteiger partial charge is 0.338 e. The molecule has 1 N–H and O–H groups in total. The summed E-state index contributed by atoms with van der Waals surface area (Å²) < 4.78 is 20.1. The molecule has 0 fully saturated rings. The average Bonchev–Trinajstić information content (AvgIpc) is 3.24. The summed E-state index contributed by atoms with van der Waals surface area (Å²) >= 11 is 0. The highest BCUT2D eigenvalue weighted by Crippen LogP contribution is 2.22. The Morgan fingerprint density at radius 3 is 2.59 bits per heavy atom. The number of carbonyl (C=O) groups is 2. The van der Waals surface area contributed by atoms with Crippen LogP contribution in [0.15, 0.2) is 60.9 Å². The number of nitrogens with one attached hydrogen (secondary N) is 1. The molecular weight excluding hydrogens is 383 g/mol. The molecule has 10 heteroatoms. The van der Waals surface area contributed by atoms with E-state index in [9.17, 15) is 24.1 Å². The monoisotopic (exact) mass is 398 g/mol. The van der Waals surface area contributed by atoms with Gasteiger partial charge in [-0.25, -0.2) is 9.48 Å². The molecule has 0 saturated carbocycles. The van der Waals surface area contributed by atoms with Crippen LogP contribution < -0.4 is 5.32 Å².